The van der Waals surface area contributed by atoms with E-state index in [2.05, 4.69) is 27.6 Å². The van der Waals surface area contributed by atoms with Crippen molar-refractivity contribution >= 4 is 17.7 Å². The third-order valence-electron chi connectivity index (χ3n) is 4.93. The Morgan fingerprint density at radius 3 is 2.47 bits per heavy atom. The zero-order valence-corrected chi connectivity index (χ0v) is 18.6. The van der Waals surface area contributed by atoms with Gasteiger partial charge in [-0.25, -0.2) is 0 Å². The van der Waals surface area contributed by atoms with Gasteiger partial charge in [-0.2, -0.15) is 0 Å². The highest BCUT2D eigenvalue weighted by atomic mass is 32.2. The molecule has 3 rings (SSSR count). The molecule has 158 valence electrons. The van der Waals surface area contributed by atoms with Gasteiger partial charge in [0.25, 0.3) is 0 Å². The molecule has 6 nitrogen and oxygen atoms in total. The highest BCUT2D eigenvalue weighted by Crippen LogP contribution is 2.26. The van der Waals surface area contributed by atoms with Gasteiger partial charge in [-0.05, 0) is 56.5 Å². The molecule has 0 aliphatic carbocycles. The van der Waals surface area contributed by atoms with E-state index in [1.54, 1.807) is 7.11 Å². The van der Waals surface area contributed by atoms with Gasteiger partial charge in [-0.1, -0.05) is 42.1 Å². The molecule has 1 N–H and O–H groups in total. The fraction of sp³-hybridized carbons (Fsp3) is 0.348. The second kappa shape index (κ2) is 10.3. The number of rotatable bonds is 9. The highest BCUT2D eigenvalue weighted by molar-refractivity contribution is 8.00. The Labute approximate surface area is 182 Å². The summed E-state index contributed by atoms with van der Waals surface area (Å²) in [6, 6.07) is 18.1. The summed E-state index contributed by atoms with van der Waals surface area (Å²) < 4.78 is 7.11. The number of carbonyl (C=O) groups is 1. The Morgan fingerprint density at radius 1 is 1.10 bits per heavy atom. The molecule has 2 aromatic carbocycles. The maximum absolute atomic E-state index is 12.6. The molecular weight excluding hydrogens is 396 g/mol. The molecular formula is C23H28N4O2S. The number of amides is 1. The summed E-state index contributed by atoms with van der Waals surface area (Å²) in [5, 5.41) is 12.1. The maximum atomic E-state index is 12.6. The molecule has 0 spiro atoms. The lowest BCUT2D eigenvalue weighted by molar-refractivity contribution is -0.120. The van der Waals surface area contributed by atoms with Gasteiger partial charge in [0, 0.05) is 18.7 Å². The van der Waals surface area contributed by atoms with Crippen LogP contribution in [0.25, 0.3) is 11.4 Å². The lowest BCUT2D eigenvalue weighted by Crippen LogP contribution is -2.38. The molecule has 1 aromatic heterocycles. The van der Waals surface area contributed by atoms with E-state index in [0.717, 1.165) is 30.0 Å². The summed E-state index contributed by atoms with van der Waals surface area (Å²) in [4.78, 5) is 12.6. The number of nitrogens with one attached hydrogen (secondary N) is 1. The number of methoxy groups -OCH3 is 1. The predicted molar refractivity (Wildman–Crippen MR) is 121 cm³/mol. The van der Waals surface area contributed by atoms with E-state index in [1.807, 2.05) is 67.9 Å². The average molecular weight is 425 g/mol. The quantitative estimate of drug-likeness (QED) is 0.524. The maximum Gasteiger partial charge on any atom is 0.233 e. The minimum atomic E-state index is -0.268. The van der Waals surface area contributed by atoms with Gasteiger partial charge >= 0.3 is 0 Å². The van der Waals surface area contributed by atoms with E-state index in [1.165, 1.54) is 17.3 Å². The Morgan fingerprint density at radius 2 is 1.80 bits per heavy atom. The molecule has 7 heteroatoms. The van der Waals surface area contributed by atoms with E-state index < -0.39 is 0 Å². The van der Waals surface area contributed by atoms with Crippen LogP contribution in [0.15, 0.2) is 59.8 Å². The lowest BCUT2D eigenvalue weighted by Gasteiger charge is -2.17. The molecule has 0 saturated heterocycles. The van der Waals surface area contributed by atoms with Crippen molar-refractivity contribution in [3.63, 3.8) is 0 Å². The first kappa shape index (κ1) is 21.9. The Bertz CT molecular complexity index is 957. The standard InChI is InChI=1S/C23H28N4O2S/c1-16(10-11-18-8-6-5-7-9-18)24-22(28)17(2)30-23-26-25-21(27(23)3)19-12-14-20(29-4)15-13-19/h5-9,12-17H,10-11H2,1-4H3,(H,24,28)/t16-,17+/m0/s1. The van der Waals surface area contributed by atoms with E-state index in [0.29, 0.717) is 5.16 Å². The van der Waals surface area contributed by atoms with E-state index in [-0.39, 0.29) is 17.2 Å². The fourth-order valence-corrected chi connectivity index (χ4v) is 3.90. The molecule has 0 unspecified atom stereocenters. The molecule has 1 heterocycles. The van der Waals surface area contributed by atoms with Gasteiger partial charge in [0.15, 0.2) is 11.0 Å². The van der Waals surface area contributed by atoms with Gasteiger partial charge < -0.3 is 14.6 Å². The van der Waals surface area contributed by atoms with Crippen LogP contribution < -0.4 is 10.1 Å². The van der Waals surface area contributed by atoms with Crippen LogP contribution in [0.3, 0.4) is 0 Å². The molecule has 0 aliphatic rings. The average Bonchev–Trinajstić information content (AvgIpc) is 3.13. The van der Waals surface area contributed by atoms with Crippen LogP contribution in [-0.4, -0.2) is 39.1 Å². The number of hydrogen-bond acceptors (Lipinski definition) is 5. The summed E-state index contributed by atoms with van der Waals surface area (Å²) in [6.45, 7) is 3.94. The van der Waals surface area contributed by atoms with Crippen LogP contribution in [0.5, 0.6) is 5.75 Å². The van der Waals surface area contributed by atoms with Crippen molar-refractivity contribution in [3.8, 4) is 17.1 Å². The number of ether oxygens (including phenoxy) is 1. The second-order valence-corrected chi connectivity index (χ2v) is 8.60. The van der Waals surface area contributed by atoms with Crippen molar-refractivity contribution in [1.29, 1.82) is 0 Å². The summed E-state index contributed by atoms with van der Waals surface area (Å²) in [5.74, 6) is 1.56. The van der Waals surface area contributed by atoms with Crippen LogP contribution in [0.4, 0.5) is 0 Å². The number of thioether (sulfide) groups is 1. The van der Waals surface area contributed by atoms with Crippen LogP contribution in [-0.2, 0) is 18.3 Å². The summed E-state index contributed by atoms with van der Waals surface area (Å²) in [5.41, 5.74) is 2.23. The van der Waals surface area contributed by atoms with Crippen molar-refractivity contribution in [3.05, 3.63) is 60.2 Å². The zero-order valence-electron chi connectivity index (χ0n) is 17.8. The molecule has 0 saturated carbocycles. The number of nitrogens with zero attached hydrogens (tertiary/aromatic N) is 3. The first-order valence-electron chi connectivity index (χ1n) is 10.0. The number of hydrogen-bond donors (Lipinski definition) is 1. The van der Waals surface area contributed by atoms with Crippen LogP contribution in [0.1, 0.15) is 25.8 Å². The van der Waals surface area contributed by atoms with Gasteiger partial charge in [-0.3, -0.25) is 4.79 Å². The Balaban J connectivity index is 1.55. The molecule has 3 aromatic rings. The summed E-state index contributed by atoms with van der Waals surface area (Å²) >= 11 is 1.41. The number of aryl methyl sites for hydroxylation is 1. The third kappa shape index (κ3) is 5.63. The molecule has 2 atom stereocenters. The van der Waals surface area contributed by atoms with Gasteiger partial charge in [0.2, 0.25) is 5.91 Å². The number of aromatic nitrogens is 3. The van der Waals surface area contributed by atoms with Crippen LogP contribution in [0, 0.1) is 0 Å². The van der Waals surface area contributed by atoms with Gasteiger partial charge in [0.1, 0.15) is 5.75 Å². The van der Waals surface area contributed by atoms with E-state index in [9.17, 15) is 4.79 Å². The minimum absolute atomic E-state index is 0.00885. The predicted octanol–water partition coefficient (Wildman–Crippen LogP) is 4.11. The van der Waals surface area contributed by atoms with Crippen molar-refractivity contribution in [1.82, 2.24) is 20.1 Å². The largest absolute Gasteiger partial charge is 0.497 e. The summed E-state index contributed by atoms with van der Waals surface area (Å²) in [7, 11) is 3.55. The highest BCUT2D eigenvalue weighted by Gasteiger charge is 2.20. The van der Waals surface area contributed by atoms with Crippen molar-refractivity contribution in [2.24, 2.45) is 7.05 Å². The summed E-state index contributed by atoms with van der Waals surface area (Å²) in [6.07, 6.45) is 1.84. The zero-order chi connectivity index (χ0) is 21.5. The topological polar surface area (TPSA) is 69.0 Å². The Kier molecular flexibility index (Phi) is 7.52. The van der Waals surface area contributed by atoms with Crippen molar-refractivity contribution in [2.45, 2.75) is 43.1 Å². The van der Waals surface area contributed by atoms with Crippen LogP contribution >= 0.6 is 11.8 Å². The smallest absolute Gasteiger partial charge is 0.233 e. The second-order valence-electron chi connectivity index (χ2n) is 7.29. The first-order valence-corrected chi connectivity index (χ1v) is 10.9. The fourth-order valence-electron chi connectivity index (χ4n) is 3.08. The van der Waals surface area contributed by atoms with Gasteiger partial charge in [0.05, 0.1) is 12.4 Å². The first-order chi connectivity index (χ1) is 14.5. The molecule has 1 amide bonds. The van der Waals surface area contributed by atoms with Gasteiger partial charge in [-0.15, -0.1) is 10.2 Å². The van der Waals surface area contributed by atoms with Crippen molar-refractivity contribution < 1.29 is 9.53 Å². The lowest BCUT2D eigenvalue weighted by atomic mass is 10.1. The SMILES string of the molecule is COc1ccc(-c2nnc(S[C@H](C)C(=O)N[C@@H](C)CCc3ccccc3)n2C)cc1. The number of carbonyl (C=O) groups excluding carboxylic acids is 1. The molecule has 0 radical (unpaired) electrons. The number of benzene rings is 2. The van der Waals surface area contributed by atoms with E-state index >= 15 is 0 Å². The Hall–Kier alpha value is -2.80. The third-order valence-corrected chi connectivity index (χ3v) is 6.07. The molecule has 0 fully saturated rings. The van der Waals surface area contributed by atoms with E-state index in [4.69, 9.17) is 4.74 Å². The normalized spacial score (nSPS) is 12.9. The molecule has 30 heavy (non-hydrogen) atoms. The minimum Gasteiger partial charge on any atom is -0.497 e. The van der Waals surface area contributed by atoms with Crippen LogP contribution in [0.2, 0.25) is 0 Å². The molecule has 0 aliphatic heterocycles. The van der Waals surface area contributed by atoms with Crippen molar-refractivity contribution in [2.75, 3.05) is 7.11 Å². The monoisotopic (exact) mass is 424 g/mol. The molecule has 0 bridgehead atoms.